The van der Waals surface area contributed by atoms with Crippen LogP contribution in [0.3, 0.4) is 0 Å². The fourth-order valence-electron chi connectivity index (χ4n) is 4.92. The summed E-state index contributed by atoms with van der Waals surface area (Å²) in [6, 6.07) is 31.1. The molecule has 0 amide bonds. The molecule has 2 heteroatoms. The highest BCUT2D eigenvalue weighted by molar-refractivity contribution is 6.11. The van der Waals surface area contributed by atoms with Gasteiger partial charge in [-0.2, -0.15) is 0 Å². The number of fused-ring (bicyclic) bond motifs is 6. The van der Waals surface area contributed by atoms with E-state index in [9.17, 15) is 0 Å². The lowest BCUT2D eigenvalue weighted by Crippen LogP contribution is -1.92. The molecule has 2 nitrogen and oxygen atoms in total. The molecule has 0 bridgehead atoms. The molecule has 0 aliphatic rings. The second-order valence-electron chi connectivity index (χ2n) is 7.80. The van der Waals surface area contributed by atoms with Crippen LogP contribution in [-0.2, 0) is 13.6 Å². The van der Waals surface area contributed by atoms with Gasteiger partial charge in [-0.3, -0.25) is 0 Å². The van der Waals surface area contributed by atoms with E-state index in [4.69, 9.17) is 0 Å². The molecule has 6 aromatic rings. The summed E-state index contributed by atoms with van der Waals surface area (Å²) in [5.74, 6) is 0. The van der Waals surface area contributed by atoms with E-state index in [-0.39, 0.29) is 0 Å². The summed E-state index contributed by atoms with van der Waals surface area (Å²) in [5, 5.41) is 5.29. The number of aryl methyl sites for hydroxylation is 2. The summed E-state index contributed by atoms with van der Waals surface area (Å²) in [6.07, 6.45) is 0. The average molecular weight is 374 g/mol. The largest absolute Gasteiger partial charge is 0.344 e. The lowest BCUT2D eigenvalue weighted by molar-refractivity contribution is 0.827. The summed E-state index contributed by atoms with van der Waals surface area (Å²) < 4.78 is 4.69. The van der Waals surface area contributed by atoms with Gasteiger partial charge in [-0.25, -0.2) is 0 Å². The van der Waals surface area contributed by atoms with Crippen molar-refractivity contribution in [2.24, 2.45) is 7.05 Å². The minimum Gasteiger partial charge on any atom is -0.344 e. The maximum absolute atomic E-state index is 2.41. The quantitative estimate of drug-likeness (QED) is 0.305. The van der Waals surface area contributed by atoms with Crippen molar-refractivity contribution in [3.8, 4) is 11.1 Å². The predicted octanol–water partition coefficient (Wildman–Crippen LogP) is 7.13. The van der Waals surface area contributed by atoms with Crippen molar-refractivity contribution in [1.82, 2.24) is 9.13 Å². The lowest BCUT2D eigenvalue weighted by Gasteiger charge is -2.06. The first kappa shape index (κ1) is 16.4. The third-order valence-electron chi connectivity index (χ3n) is 6.34. The number of nitrogens with zero attached hydrogens (tertiary/aromatic N) is 2. The summed E-state index contributed by atoms with van der Waals surface area (Å²) >= 11 is 0. The first-order valence-electron chi connectivity index (χ1n) is 10.2. The zero-order chi connectivity index (χ0) is 19.5. The Morgan fingerprint density at radius 1 is 0.552 bits per heavy atom. The Labute approximate surface area is 169 Å². The summed E-state index contributed by atoms with van der Waals surface area (Å²) in [5.41, 5.74) is 7.71. The molecular formula is C27H22N2. The first-order chi connectivity index (χ1) is 14.3. The van der Waals surface area contributed by atoms with Crippen LogP contribution in [-0.4, -0.2) is 9.13 Å². The van der Waals surface area contributed by atoms with E-state index in [1.165, 1.54) is 54.7 Å². The fourth-order valence-corrected chi connectivity index (χ4v) is 4.92. The molecule has 0 fully saturated rings. The second kappa shape index (κ2) is 5.99. The molecule has 0 atom stereocenters. The van der Waals surface area contributed by atoms with Crippen molar-refractivity contribution in [2.45, 2.75) is 13.5 Å². The number of para-hydroxylation sites is 2. The molecular weight excluding hydrogens is 352 g/mol. The van der Waals surface area contributed by atoms with Gasteiger partial charge in [0.1, 0.15) is 0 Å². The zero-order valence-electron chi connectivity index (χ0n) is 16.7. The topological polar surface area (TPSA) is 9.86 Å². The second-order valence-corrected chi connectivity index (χ2v) is 7.80. The van der Waals surface area contributed by atoms with Gasteiger partial charge in [-0.15, -0.1) is 0 Å². The van der Waals surface area contributed by atoms with Crippen molar-refractivity contribution in [1.29, 1.82) is 0 Å². The molecule has 0 spiro atoms. The number of aromatic nitrogens is 2. The number of hydrogen-bond acceptors (Lipinski definition) is 0. The van der Waals surface area contributed by atoms with E-state index in [0.29, 0.717) is 0 Å². The Morgan fingerprint density at radius 3 is 1.72 bits per heavy atom. The standard InChI is InChI=1S/C27H22N2/c1-3-29-26-11-7-5-9-21(26)23-17-19(13-15-27(23)29)18-12-14-25-22(16-18)20-8-4-6-10-24(20)28(25)2/h4-17H,3H2,1-2H3. The van der Waals surface area contributed by atoms with Crippen LogP contribution < -0.4 is 0 Å². The SMILES string of the molecule is CCn1c2ccccc2c2cc(-c3ccc4c(c3)c3ccccc3n4C)ccc21. The zero-order valence-corrected chi connectivity index (χ0v) is 16.7. The van der Waals surface area contributed by atoms with Crippen molar-refractivity contribution in [3.63, 3.8) is 0 Å². The summed E-state index contributed by atoms with van der Waals surface area (Å²) in [4.78, 5) is 0. The molecule has 0 N–H and O–H groups in total. The molecule has 0 saturated heterocycles. The minimum atomic E-state index is 0.978. The Bertz CT molecular complexity index is 1550. The van der Waals surface area contributed by atoms with Crippen LogP contribution in [0.4, 0.5) is 0 Å². The Kier molecular flexibility index (Phi) is 3.39. The number of benzene rings is 4. The Hall–Kier alpha value is -3.52. The maximum Gasteiger partial charge on any atom is 0.0491 e. The molecule has 2 aromatic heterocycles. The third kappa shape index (κ3) is 2.23. The molecule has 0 radical (unpaired) electrons. The van der Waals surface area contributed by atoms with Crippen LogP contribution in [0.1, 0.15) is 6.92 Å². The van der Waals surface area contributed by atoms with Crippen molar-refractivity contribution in [3.05, 3.63) is 84.9 Å². The van der Waals surface area contributed by atoms with Gasteiger partial charge in [0.15, 0.2) is 0 Å². The Morgan fingerprint density at radius 2 is 1.03 bits per heavy atom. The van der Waals surface area contributed by atoms with Gasteiger partial charge in [0, 0.05) is 57.2 Å². The molecule has 4 aromatic carbocycles. The van der Waals surface area contributed by atoms with Gasteiger partial charge < -0.3 is 9.13 Å². The van der Waals surface area contributed by atoms with Crippen LogP contribution in [0, 0.1) is 0 Å². The average Bonchev–Trinajstić information content (AvgIpc) is 3.25. The number of rotatable bonds is 2. The van der Waals surface area contributed by atoms with Gasteiger partial charge in [-0.1, -0.05) is 48.5 Å². The molecule has 0 saturated carbocycles. The highest BCUT2D eigenvalue weighted by Gasteiger charge is 2.12. The molecule has 0 aliphatic heterocycles. The van der Waals surface area contributed by atoms with E-state index in [0.717, 1.165) is 6.54 Å². The Balaban J connectivity index is 1.63. The highest BCUT2D eigenvalue weighted by Crippen LogP contribution is 2.35. The van der Waals surface area contributed by atoms with Crippen molar-refractivity contribution < 1.29 is 0 Å². The van der Waals surface area contributed by atoms with Crippen molar-refractivity contribution >= 4 is 43.6 Å². The van der Waals surface area contributed by atoms with Gasteiger partial charge >= 0.3 is 0 Å². The summed E-state index contributed by atoms with van der Waals surface area (Å²) in [7, 11) is 2.15. The first-order valence-corrected chi connectivity index (χ1v) is 10.2. The summed E-state index contributed by atoms with van der Waals surface area (Å²) in [6.45, 7) is 3.19. The smallest absolute Gasteiger partial charge is 0.0491 e. The van der Waals surface area contributed by atoms with Crippen LogP contribution in [0.15, 0.2) is 84.9 Å². The molecule has 2 heterocycles. The van der Waals surface area contributed by atoms with Crippen LogP contribution in [0.5, 0.6) is 0 Å². The van der Waals surface area contributed by atoms with E-state index < -0.39 is 0 Å². The van der Waals surface area contributed by atoms with E-state index in [2.05, 4.69) is 108 Å². The van der Waals surface area contributed by atoms with Gasteiger partial charge in [-0.05, 0) is 54.4 Å². The molecule has 0 unspecified atom stereocenters. The van der Waals surface area contributed by atoms with E-state index in [1.54, 1.807) is 0 Å². The third-order valence-corrected chi connectivity index (χ3v) is 6.34. The van der Waals surface area contributed by atoms with E-state index in [1.807, 2.05) is 0 Å². The maximum atomic E-state index is 2.41. The van der Waals surface area contributed by atoms with Gasteiger partial charge in [0.25, 0.3) is 0 Å². The minimum absolute atomic E-state index is 0.978. The molecule has 6 rings (SSSR count). The predicted molar refractivity (Wildman–Crippen MR) is 125 cm³/mol. The van der Waals surface area contributed by atoms with Crippen LogP contribution in [0.25, 0.3) is 54.7 Å². The van der Waals surface area contributed by atoms with Crippen molar-refractivity contribution in [2.75, 3.05) is 0 Å². The lowest BCUT2D eigenvalue weighted by atomic mass is 10.0. The van der Waals surface area contributed by atoms with Crippen LogP contribution >= 0.6 is 0 Å². The van der Waals surface area contributed by atoms with E-state index >= 15 is 0 Å². The normalized spacial score (nSPS) is 11.9. The highest BCUT2D eigenvalue weighted by atomic mass is 15.0. The molecule has 29 heavy (non-hydrogen) atoms. The molecule has 140 valence electrons. The fraction of sp³-hybridized carbons (Fsp3) is 0.111. The van der Waals surface area contributed by atoms with Crippen LogP contribution in [0.2, 0.25) is 0 Å². The monoisotopic (exact) mass is 374 g/mol. The van der Waals surface area contributed by atoms with Gasteiger partial charge in [0.2, 0.25) is 0 Å². The molecule has 0 aliphatic carbocycles. The van der Waals surface area contributed by atoms with Gasteiger partial charge in [0.05, 0.1) is 0 Å². The number of hydrogen-bond donors (Lipinski definition) is 0.